The first-order valence-corrected chi connectivity index (χ1v) is 6.37. The number of hydrogen-bond acceptors (Lipinski definition) is 3. The monoisotopic (exact) mass is 302 g/mol. The minimum absolute atomic E-state index is 0. The fourth-order valence-electron chi connectivity index (χ4n) is 2.11. The molecule has 1 aromatic carbocycles. The molecule has 0 aliphatic rings. The third-order valence-electron chi connectivity index (χ3n) is 3.23. The molecular weight excluding hydrogens is 288 g/mol. The van der Waals surface area contributed by atoms with Crippen molar-refractivity contribution in [3.05, 3.63) is 65.3 Å². The van der Waals surface area contributed by atoms with Crippen LogP contribution in [0.15, 0.2) is 64.1 Å². The van der Waals surface area contributed by atoms with E-state index in [-0.39, 0.29) is 18.0 Å². The largest absolute Gasteiger partial charge is 1.00 e. The maximum absolute atomic E-state index is 12.1. The van der Waals surface area contributed by atoms with Gasteiger partial charge in [-0.2, -0.15) is 4.57 Å². The van der Waals surface area contributed by atoms with Gasteiger partial charge in [0.1, 0.15) is 5.58 Å². The van der Waals surface area contributed by atoms with E-state index in [1.165, 1.54) is 0 Å². The second-order valence-corrected chi connectivity index (χ2v) is 4.81. The molecule has 0 unspecified atom stereocenters. The van der Waals surface area contributed by atoms with E-state index in [0.29, 0.717) is 11.3 Å². The zero-order valence-electron chi connectivity index (χ0n) is 11.8. The Morgan fingerprint density at radius 3 is 2.38 bits per heavy atom. The summed E-state index contributed by atoms with van der Waals surface area (Å²) in [6.45, 7) is 0. The van der Waals surface area contributed by atoms with Crippen LogP contribution in [0.1, 0.15) is 0 Å². The molecule has 21 heavy (non-hydrogen) atoms. The van der Waals surface area contributed by atoms with Gasteiger partial charge in [0, 0.05) is 43.4 Å². The lowest BCUT2D eigenvalue weighted by Crippen LogP contribution is -3.00. The molecule has 0 atom stereocenters. The first-order chi connectivity index (χ1) is 9.65. The van der Waals surface area contributed by atoms with Gasteiger partial charge >= 0.3 is 5.63 Å². The van der Waals surface area contributed by atoms with Crippen molar-refractivity contribution in [3.63, 3.8) is 0 Å². The van der Waals surface area contributed by atoms with E-state index in [0.717, 1.165) is 11.1 Å². The van der Waals surface area contributed by atoms with Gasteiger partial charge in [-0.05, 0) is 6.07 Å². The van der Waals surface area contributed by atoms with Gasteiger partial charge in [-0.1, -0.05) is 18.2 Å². The van der Waals surface area contributed by atoms with Crippen molar-refractivity contribution in [2.45, 2.75) is 0 Å². The molecule has 2 heterocycles. The standard InChI is InChI=1S/C16H15N2O2.ClH/c1-17(2)13-7-9-18(10-8-13)14-11-12-5-3-4-6-15(12)20-16(14)19;/h3-11H,1-2H3;1H/q+1;/p-1. The van der Waals surface area contributed by atoms with Gasteiger partial charge in [0.25, 0.3) is 5.69 Å². The van der Waals surface area contributed by atoms with Crippen molar-refractivity contribution in [2.75, 3.05) is 19.0 Å². The summed E-state index contributed by atoms with van der Waals surface area (Å²) in [5.74, 6) is 0. The molecule has 4 nitrogen and oxygen atoms in total. The van der Waals surface area contributed by atoms with Crippen molar-refractivity contribution in [3.8, 4) is 5.69 Å². The van der Waals surface area contributed by atoms with Gasteiger partial charge in [-0.3, -0.25) is 0 Å². The zero-order valence-corrected chi connectivity index (χ0v) is 12.5. The second kappa shape index (κ2) is 5.97. The van der Waals surface area contributed by atoms with Gasteiger partial charge in [0.05, 0.1) is 0 Å². The highest BCUT2D eigenvalue weighted by molar-refractivity contribution is 5.77. The highest BCUT2D eigenvalue weighted by Gasteiger charge is 2.14. The Morgan fingerprint density at radius 2 is 1.71 bits per heavy atom. The average molecular weight is 303 g/mol. The van der Waals surface area contributed by atoms with Crippen molar-refractivity contribution in [1.82, 2.24) is 0 Å². The van der Waals surface area contributed by atoms with Gasteiger partial charge < -0.3 is 21.7 Å². The summed E-state index contributed by atoms with van der Waals surface area (Å²) in [6.07, 6.45) is 3.72. The van der Waals surface area contributed by atoms with E-state index in [1.807, 2.05) is 67.8 Å². The molecule has 3 aromatic rings. The van der Waals surface area contributed by atoms with E-state index in [4.69, 9.17) is 4.42 Å². The normalized spacial score (nSPS) is 10.2. The van der Waals surface area contributed by atoms with Crippen LogP contribution in [0.2, 0.25) is 0 Å². The summed E-state index contributed by atoms with van der Waals surface area (Å²) >= 11 is 0. The predicted octanol–water partition coefficient (Wildman–Crippen LogP) is -0.860. The Bertz CT molecular complexity index is 810. The average Bonchev–Trinajstić information content (AvgIpc) is 2.46. The van der Waals surface area contributed by atoms with Crippen LogP contribution in [0.5, 0.6) is 0 Å². The third kappa shape index (κ3) is 2.90. The summed E-state index contributed by atoms with van der Waals surface area (Å²) in [5.41, 5.74) is 1.85. The Morgan fingerprint density at radius 1 is 1.05 bits per heavy atom. The van der Waals surface area contributed by atoms with Gasteiger partial charge in [0.2, 0.25) is 0 Å². The highest BCUT2D eigenvalue weighted by Crippen LogP contribution is 2.13. The Kier molecular flexibility index (Phi) is 4.29. The van der Waals surface area contributed by atoms with E-state index < -0.39 is 0 Å². The molecular formula is C16H15ClN2O2. The van der Waals surface area contributed by atoms with Crippen LogP contribution in [0.3, 0.4) is 0 Å². The lowest BCUT2D eigenvalue weighted by Gasteiger charge is -2.10. The number of nitrogens with zero attached hydrogens (tertiary/aromatic N) is 2. The van der Waals surface area contributed by atoms with Crippen molar-refractivity contribution in [1.29, 1.82) is 0 Å². The summed E-state index contributed by atoms with van der Waals surface area (Å²) in [4.78, 5) is 14.1. The summed E-state index contributed by atoms with van der Waals surface area (Å²) in [6, 6.07) is 13.2. The van der Waals surface area contributed by atoms with E-state index in [9.17, 15) is 4.79 Å². The van der Waals surface area contributed by atoms with Crippen LogP contribution in [0.4, 0.5) is 5.69 Å². The Hall–Kier alpha value is -2.33. The lowest BCUT2D eigenvalue weighted by molar-refractivity contribution is -0.597. The molecule has 0 bridgehead atoms. The molecule has 0 saturated heterocycles. The van der Waals surface area contributed by atoms with E-state index in [2.05, 4.69) is 0 Å². The first-order valence-electron chi connectivity index (χ1n) is 6.37. The molecule has 0 saturated carbocycles. The van der Waals surface area contributed by atoms with E-state index >= 15 is 0 Å². The molecule has 0 fully saturated rings. The highest BCUT2D eigenvalue weighted by atomic mass is 35.5. The minimum atomic E-state index is -0.341. The number of para-hydroxylation sites is 1. The number of pyridine rings is 1. The number of rotatable bonds is 2. The number of hydrogen-bond donors (Lipinski definition) is 0. The van der Waals surface area contributed by atoms with E-state index in [1.54, 1.807) is 10.6 Å². The fraction of sp³-hybridized carbons (Fsp3) is 0.125. The molecule has 0 amide bonds. The maximum atomic E-state index is 12.1. The Balaban J connectivity index is 0.00000161. The number of aromatic nitrogens is 1. The van der Waals surface area contributed by atoms with Crippen molar-refractivity contribution < 1.29 is 21.4 Å². The molecule has 3 rings (SSSR count). The lowest BCUT2D eigenvalue weighted by atomic mass is 10.2. The molecule has 0 radical (unpaired) electrons. The molecule has 5 heteroatoms. The summed E-state index contributed by atoms with van der Waals surface area (Å²) in [5, 5.41) is 0.909. The fourth-order valence-corrected chi connectivity index (χ4v) is 2.11. The molecule has 0 spiro atoms. The van der Waals surface area contributed by atoms with Gasteiger partial charge in [0.15, 0.2) is 12.4 Å². The smallest absolute Gasteiger partial charge is 0.409 e. The third-order valence-corrected chi connectivity index (χ3v) is 3.23. The predicted molar refractivity (Wildman–Crippen MR) is 78.3 cm³/mol. The van der Waals surface area contributed by atoms with Gasteiger partial charge in [-0.25, -0.2) is 4.79 Å². The van der Waals surface area contributed by atoms with Crippen LogP contribution < -0.4 is 27.5 Å². The maximum Gasteiger partial charge on any atom is 0.409 e. The Labute approximate surface area is 128 Å². The van der Waals surface area contributed by atoms with Crippen LogP contribution in [-0.4, -0.2) is 14.1 Å². The first kappa shape index (κ1) is 15.1. The molecule has 2 aromatic heterocycles. The molecule has 0 aliphatic carbocycles. The molecule has 0 N–H and O–H groups in total. The van der Waals surface area contributed by atoms with Crippen LogP contribution in [0.25, 0.3) is 16.7 Å². The number of benzene rings is 1. The quantitative estimate of drug-likeness (QED) is 0.457. The van der Waals surface area contributed by atoms with Crippen LogP contribution >= 0.6 is 0 Å². The van der Waals surface area contributed by atoms with Crippen molar-refractivity contribution >= 4 is 16.7 Å². The SMILES string of the molecule is CN(C)c1cc[n+](-c2cc3ccccc3oc2=O)cc1.[Cl-]. The minimum Gasteiger partial charge on any atom is -1.00 e. The number of halogens is 1. The molecule has 0 aliphatic heterocycles. The summed E-state index contributed by atoms with van der Waals surface area (Å²) < 4.78 is 7.11. The molecule has 108 valence electrons. The van der Waals surface area contributed by atoms with Gasteiger partial charge in [-0.15, -0.1) is 0 Å². The van der Waals surface area contributed by atoms with Crippen molar-refractivity contribution in [2.24, 2.45) is 0 Å². The number of anilines is 1. The zero-order chi connectivity index (χ0) is 14.1. The topological polar surface area (TPSA) is 37.3 Å². The van der Waals surface area contributed by atoms with Crippen LogP contribution in [-0.2, 0) is 0 Å². The van der Waals surface area contributed by atoms with Crippen LogP contribution in [0, 0.1) is 0 Å². The number of fused-ring (bicyclic) bond motifs is 1. The second-order valence-electron chi connectivity index (χ2n) is 4.81. The summed E-state index contributed by atoms with van der Waals surface area (Å²) in [7, 11) is 3.95.